The van der Waals surface area contributed by atoms with Crippen LogP contribution >= 0.6 is 11.3 Å². The molecule has 3 rings (SSSR count). The minimum absolute atomic E-state index is 0.293. The molecule has 2 aliphatic carbocycles. The lowest BCUT2D eigenvalue weighted by atomic mass is 9.77. The van der Waals surface area contributed by atoms with Gasteiger partial charge in [-0.1, -0.05) is 24.3 Å². The van der Waals surface area contributed by atoms with Crippen molar-refractivity contribution in [3.8, 4) is 0 Å². The molecule has 4 heteroatoms. The maximum absolute atomic E-state index is 11.8. The predicted octanol–water partition coefficient (Wildman–Crippen LogP) is 3.35. The van der Waals surface area contributed by atoms with Gasteiger partial charge in [-0.3, -0.25) is 0 Å². The summed E-state index contributed by atoms with van der Waals surface area (Å²) in [7, 11) is 1.41. The fourth-order valence-corrected chi connectivity index (χ4v) is 4.47. The fraction of sp³-hybridized carbons (Fsp3) is 0.438. The molecule has 0 spiro atoms. The van der Waals surface area contributed by atoms with E-state index in [1.807, 2.05) is 0 Å². The van der Waals surface area contributed by atoms with Crippen LogP contribution < -0.4 is 5.73 Å². The van der Waals surface area contributed by atoms with Gasteiger partial charge in [0.15, 0.2) is 0 Å². The molecule has 2 N–H and O–H groups in total. The third kappa shape index (κ3) is 2.29. The molecular formula is C16H19NO2S. The Morgan fingerprint density at radius 3 is 3.00 bits per heavy atom. The van der Waals surface area contributed by atoms with Gasteiger partial charge in [-0.2, -0.15) is 0 Å². The van der Waals surface area contributed by atoms with Gasteiger partial charge >= 0.3 is 5.97 Å². The Kier molecular flexibility index (Phi) is 3.66. The van der Waals surface area contributed by atoms with E-state index in [0.29, 0.717) is 22.4 Å². The minimum Gasteiger partial charge on any atom is -0.465 e. The number of anilines is 1. The average molecular weight is 289 g/mol. The monoisotopic (exact) mass is 289 g/mol. The van der Waals surface area contributed by atoms with E-state index in [0.717, 1.165) is 31.2 Å². The molecule has 0 fully saturated rings. The normalized spacial score (nSPS) is 24.4. The topological polar surface area (TPSA) is 52.3 Å². The summed E-state index contributed by atoms with van der Waals surface area (Å²) in [5.41, 5.74) is 7.76. The molecule has 0 saturated heterocycles. The van der Waals surface area contributed by atoms with E-state index in [1.165, 1.54) is 12.0 Å². The molecule has 2 atom stereocenters. The number of rotatable bonds is 2. The molecule has 106 valence electrons. The lowest BCUT2D eigenvalue weighted by molar-refractivity contribution is 0.0600. The highest BCUT2D eigenvalue weighted by Crippen LogP contribution is 2.41. The smallest absolute Gasteiger partial charge is 0.341 e. The van der Waals surface area contributed by atoms with E-state index in [2.05, 4.69) is 24.3 Å². The number of nitrogen functional groups attached to an aromatic ring is 1. The van der Waals surface area contributed by atoms with Gasteiger partial charge in [-0.15, -0.1) is 11.3 Å². The molecule has 0 radical (unpaired) electrons. The Hall–Kier alpha value is -1.55. The molecule has 0 amide bonds. The van der Waals surface area contributed by atoms with Crippen LogP contribution in [0.1, 0.15) is 33.6 Å². The number of fused-ring (bicyclic) bond motifs is 1. The molecule has 1 aromatic rings. The average Bonchev–Trinajstić information content (AvgIpc) is 2.82. The SMILES string of the molecule is COC(=O)c1c(N)sc2c1CCC(C1C=CC=CC1)C2. The lowest BCUT2D eigenvalue weighted by Crippen LogP contribution is -2.21. The third-order valence-electron chi connectivity index (χ3n) is 4.34. The van der Waals surface area contributed by atoms with Crippen molar-refractivity contribution in [3.63, 3.8) is 0 Å². The Morgan fingerprint density at radius 2 is 2.30 bits per heavy atom. The van der Waals surface area contributed by atoms with Gasteiger partial charge in [-0.25, -0.2) is 4.79 Å². The number of hydrogen-bond donors (Lipinski definition) is 1. The first-order chi connectivity index (χ1) is 9.70. The maximum Gasteiger partial charge on any atom is 0.341 e. The van der Waals surface area contributed by atoms with Crippen molar-refractivity contribution in [1.82, 2.24) is 0 Å². The van der Waals surface area contributed by atoms with E-state index in [4.69, 9.17) is 10.5 Å². The molecule has 0 bridgehead atoms. The zero-order valence-corrected chi connectivity index (χ0v) is 12.4. The summed E-state index contributed by atoms with van der Waals surface area (Å²) in [5, 5.41) is 0.613. The highest BCUT2D eigenvalue weighted by Gasteiger charge is 2.31. The van der Waals surface area contributed by atoms with E-state index < -0.39 is 0 Å². The molecule has 0 aromatic carbocycles. The van der Waals surface area contributed by atoms with E-state index in [-0.39, 0.29) is 5.97 Å². The number of methoxy groups -OCH3 is 1. The molecule has 2 unspecified atom stereocenters. The van der Waals surface area contributed by atoms with Crippen LogP contribution in [-0.4, -0.2) is 13.1 Å². The van der Waals surface area contributed by atoms with Crippen LogP contribution in [-0.2, 0) is 17.6 Å². The number of carbonyl (C=O) groups excluding carboxylic acids is 1. The van der Waals surface area contributed by atoms with Gasteiger partial charge in [-0.05, 0) is 43.1 Å². The molecule has 20 heavy (non-hydrogen) atoms. The zero-order valence-electron chi connectivity index (χ0n) is 11.6. The minimum atomic E-state index is -0.293. The summed E-state index contributed by atoms with van der Waals surface area (Å²) in [5.74, 6) is 0.990. The van der Waals surface area contributed by atoms with Crippen LogP contribution in [0.2, 0.25) is 0 Å². The summed E-state index contributed by atoms with van der Waals surface area (Å²) in [6.07, 6.45) is 13.0. The fourth-order valence-electron chi connectivity index (χ4n) is 3.27. The van der Waals surface area contributed by atoms with Gasteiger partial charge in [0.05, 0.1) is 12.7 Å². The number of allylic oxidation sites excluding steroid dienone is 4. The van der Waals surface area contributed by atoms with Crippen LogP contribution in [0.5, 0.6) is 0 Å². The van der Waals surface area contributed by atoms with E-state index >= 15 is 0 Å². The first-order valence-corrected chi connectivity index (χ1v) is 7.84. The molecule has 1 heterocycles. The number of nitrogens with two attached hydrogens (primary N) is 1. The number of ether oxygens (including phenoxy) is 1. The maximum atomic E-state index is 11.8. The summed E-state index contributed by atoms with van der Waals surface area (Å²) < 4.78 is 4.85. The van der Waals surface area contributed by atoms with Gasteiger partial charge in [0.25, 0.3) is 0 Å². The number of hydrogen-bond acceptors (Lipinski definition) is 4. The molecule has 0 saturated carbocycles. The summed E-state index contributed by atoms with van der Waals surface area (Å²) in [6.45, 7) is 0. The molecule has 1 aromatic heterocycles. The Morgan fingerprint density at radius 1 is 1.45 bits per heavy atom. The number of carbonyl (C=O) groups is 1. The second kappa shape index (κ2) is 5.44. The molecule has 0 aliphatic heterocycles. The summed E-state index contributed by atoms with van der Waals surface area (Å²) in [6, 6.07) is 0. The van der Waals surface area contributed by atoms with Crippen LogP contribution in [0.4, 0.5) is 5.00 Å². The van der Waals surface area contributed by atoms with Crippen molar-refractivity contribution in [2.75, 3.05) is 12.8 Å². The molecule has 3 nitrogen and oxygen atoms in total. The van der Waals surface area contributed by atoms with Crippen LogP contribution in [0.15, 0.2) is 24.3 Å². The van der Waals surface area contributed by atoms with Crippen molar-refractivity contribution in [3.05, 3.63) is 40.3 Å². The lowest BCUT2D eigenvalue weighted by Gasteiger charge is -2.28. The number of esters is 1. The Labute approximate surface area is 123 Å². The van der Waals surface area contributed by atoms with Crippen LogP contribution in [0, 0.1) is 11.8 Å². The first-order valence-electron chi connectivity index (χ1n) is 7.02. The quantitative estimate of drug-likeness (QED) is 0.849. The Balaban J connectivity index is 1.84. The zero-order chi connectivity index (χ0) is 14.1. The van der Waals surface area contributed by atoms with Crippen molar-refractivity contribution >= 4 is 22.3 Å². The Bertz CT molecular complexity index is 586. The van der Waals surface area contributed by atoms with Crippen molar-refractivity contribution < 1.29 is 9.53 Å². The van der Waals surface area contributed by atoms with Crippen LogP contribution in [0.25, 0.3) is 0 Å². The highest BCUT2D eigenvalue weighted by molar-refractivity contribution is 7.16. The van der Waals surface area contributed by atoms with Crippen molar-refractivity contribution in [2.45, 2.75) is 25.7 Å². The van der Waals surface area contributed by atoms with Crippen molar-refractivity contribution in [1.29, 1.82) is 0 Å². The van der Waals surface area contributed by atoms with Crippen LogP contribution in [0.3, 0.4) is 0 Å². The van der Waals surface area contributed by atoms with E-state index in [1.54, 1.807) is 11.3 Å². The van der Waals surface area contributed by atoms with Crippen molar-refractivity contribution in [2.24, 2.45) is 11.8 Å². The largest absolute Gasteiger partial charge is 0.465 e. The standard InChI is InChI=1S/C16H19NO2S/c1-19-16(18)14-12-8-7-11(9-13(12)20-15(14)17)10-5-3-2-4-6-10/h2-5,10-11H,6-9,17H2,1H3. The second-order valence-corrected chi connectivity index (χ2v) is 6.59. The highest BCUT2D eigenvalue weighted by atomic mass is 32.1. The third-order valence-corrected chi connectivity index (χ3v) is 5.42. The molecular weight excluding hydrogens is 270 g/mol. The first kappa shape index (κ1) is 13.4. The number of thiophene rings is 1. The van der Waals surface area contributed by atoms with E-state index in [9.17, 15) is 4.79 Å². The van der Waals surface area contributed by atoms with Gasteiger partial charge < -0.3 is 10.5 Å². The summed E-state index contributed by atoms with van der Waals surface area (Å²) >= 11 is 1.56. The predicted molar refractivity (Wildman–Crippen MR) is 82.0 cm³/mol. The van der Waals surface area contributed by atoms with Gasteiger partial charge in [0.1, 0.15) is 5.00 Å². The van der Waals surface area contributed by atoms with Gasteiger partial charge in [0, 0.05) is 4.88 Å². The molecule has 2 aliphatic rings. The second-order valence-electron chi connectivity index (χ2n) is 5.45. The summed E-state index contributed by atoms with van der Waals surface area (Å²) in [4.78, 5) is 13.1. The van der Waals surface area contributed by atoms with Gasteiger partial charge in [0.2, 0.25) is 0 Å².